The monoisotopic (exact) mass is 981 g/mol. The third-order valence-electron chi connectivity index (χ3n) is 8.92. The standard InChI is InChI=1S/C20H21N7O5.2C6H10FN3.2C5H8FN3/c1-10-24-17-16(19(30)25-10)26-13(9-23-17)8-22-12-4-2-11(3-5-12)18(29)27-14(20(31)32)6-7-15(21)28;2*1-10-5-6(8-9-10)3-2-4-7;2*1-9-4-5(2-3-6)7-8-9/h2-5,9,14,22H,6-8H2,1H3,(H2,21,28)(H,27,29)(H,31,32)(H,23,24,25,30);2*5H,2-4H2,1H3;2*4H,2-3H2,1H3/i;7-1;;6-1;. The summed E-state index contributed by atoms with van der Waals surface area (Å²) in [5.74, 6) is -2.03. The summed E-state index contributed by atoms with van der Waals surface area (Å²) in [6.07, 6.45) is 11.5. The fourth-order valence-corrected chi connectivity index (χ4v) is 5.60. The van der Waals surface area contributed by atoms with Crippen molar-refractivity contribution in [1.29, 1.82) is 0 Å². The molecular weight excluding hydrogens is 925 g/mol. The Balaban J connectivity index is 0.000000274. The molecule has 7 rings (SSSR count). The average molecular weight is 982 g/mol. The maximum Gasteiger partial charge on any atom is 0.326 e. The minimum absolute atomic E-state index is 0.0965. The van der Waals surface area contributed by atoms with E-state index in [1.54, 1.807) is 90.8 Å². The van der Waals surface area contributed by atoms with Gasteiger partial charge in [0.15, 0.2) is 11.2 Å². The third-order valence-corrected chi connectivity index (χ3v) is 8.92. The summed E-state index contributed by atoms with van der Waals surface area (Å²) in [6, 6.07) is 5.10. The van der Waals surface area contributed by atoms with Gasteiger partial charge in [0.2, 0.25) is 5.91 Å². The molecule has 24 nitrogen and oxygen atoms in total. The van der Waals surface area contributed by atoms with Gasteiger partial charge in [-0.25, -0.2) is 19.7 Å². The van der Waals surface area contributed by atoms with E-state index in [9.17, 15) is 41.8 Å². The zero-order valence-corrected chi connectivity index (χ0v) is 39.3. The van der Waals surface area contributed by atoms with Gasteiger partial charge in [-0.2, -0.15) is 0 Å². The van der Waals surface area contributed by atoms with Gasteiger partial charge in [-0.05, 0) is 63.3 Å². The highest BCUT2D eigenvalue weighted by Crippen LogP contribution is 2.12. The van der Waals surface area contributed by atoms with Crippen LogP contribution in [0, 0.1) is 6.92 Å². The molecular formula is C42H57F4N19O5. The van der Waals surface area contributed by atoms with Crippen LogP contribution >= 0.6 is 0 Å². The molecule has 1 aromatic carbocycles. The molecule has 6 aromatic heterocycles. The molecule has 0 fully saturated rings. The van der Waals surface area contributed by atoms with Crippen LogP contribution in [0.2, 0.25) is 0 Å². The summed E-state index contributed by atoms with van der Waals surface area (Å²) in [7, 11) is 7.11. The van der Waals surface area contributed by atoms with Crippen LogP contribution in [0.3, 0.4) is 0 Å². The molecule has 0 aliphatic rings. The number of primary amides is 1. The molecule has 1 unspecified atom stereocenters. The topological polar surface area (TPSA) is 316 Å². The van der Waals surface area contributed by atoms with Crippen molar-refractivity contribution < 1.29 is 37.1 Å². The Kier molecular flexibility index (Phi) is 24.4. The molecule has 0 aliphatic carbocycles. The molecule has 0 saturated heterocycles. The van der Waals surface area contributed by atoms with E-state index in [1.165, 1.54) is 18.3 Å². The first-order valence-corrected chi connectivity index (χ1v) is 21.6. The van der Waals surface area contributed by atoms with Crippen molar-refractivity contribution in [2.24, 2.45) is 33.9 Å². The van der Waals surface area contributed by atoms with E-state index in [0.717, 1.165) is 11.4 Å². The van der Waals surface area contributed by atoms with E-state index in [1.807, 2.05) is 0 Å². The van der Waals surface area contributed by atoms with Gasteiger partial charge in [-0.3, -0.25) is 50.7 Å². The van der Waals surface area contributed by atoms with Gasteiger partial charge in [-0.15, -0.1) is 20.4 Å². The summed E-state index contributed by atoms with van der Waals surface area (Å²) in [5, 5.41) is 44.3. The largest absolute Gasteiger partial charge is 0.480 e. The second kappa shape index (κ2) is 30.3. The average Bonchev–Trinajstić information content (AvgIpc) is 4.16. The van der Waals surface area contributed by atoms with Crippen LogP contribution in [0.5, 0.6) is 0 Å². The molecule has 6 N–H and O–H groups in total. The number of hydrogen-bond donors (Lipinski definition) is 5. The van der Waals surface area contributed by atoms with E-state index in [2.05, 4.69) is 71.8 Å². The van der Waals surface area contributed by atoms with Crippen LogP contribution in [-0.4, -0.2) is 136 Å². The smallest absolute Gasteiger partial charge is 0.326 e. The number of nitrogens with two attached hydrogens (primary N) is 1. The van der Waals surface area contributed by atoms with E-state index in [4.69, 9.17) is 5.73 Å². The molecule has 1 atom stereocenters. The number of carbonyl (C=O) groups is 3. The molecule has 2 amide bonds. The summed E-state index contributed by atoms with van der Waals surface area (Å²) in [5.41, 5.74) is 9.65. The molecule has 0 aliphatic heterocycles. The highest BCUT2D eigenvalue weighted by molar-refractivity contribution is 5.97. The molecule has 7 aromatic rings. The molecule has 0 saturated carbocycles. The number of aromatic amines is 1. The Morgan fingerprint density at radius 3 is 1.57 bits per heavy atom. The van der Waals surface area contributed by atoms with Crippen molar-refractivity contribution in [3.8, 4) is 0 Å². The zero-order chi connectivity index (χ0) is 51.4. The lowest BCUT2D eigenvalue weighted by Crippen LogP contribution is -2.41. The van der Waals surface area contributed by atoms with Gasteiger partial charge >= 0.3 is 5.97 Å². The van der Waals surface area contributed by atoms with E-state index in [0.29, 0.717) is 67.1 Å². The normalized spacial score (nSPS) is 10.8. The minimum atomic E-state index is -1.25. The van der Waals surface area contributed by atoms with Gasteiger partial charge in [0.25, 0.3) is 11.5 Å². The van der Waals surface area contributed by atoms with Gasteiger partial charge in [0.1, 0.15) is 11.9 Å². The van der Waals surface area contributed by atoms with E-state index >= 15 is 0 Å². The Morgan fingerprint density at radius 1 is 0.700 bits per heavy atom. The molecule has 0 bridgehead atoms. The minimum Gasteiger partial charge on any atom is -0.480 e. The molecule has 70 heavy (non-hydrogen) atoms. The summed E-state index contributed by atoms with van der Waals surface area (Å²) in [6.45, 7) is 0.644. The SMILES string of the molecule is Cc1nc2ncc(CNc3ccc(C(=O)NC(CCC(N)=O)C(=O)O)cc3)nc2c(=O)[nH]1.Cn1cc(CCCF)nn1.Cn1cc(CCC[18F])nn1.Cn1cc(CCF)nn1.Cn1cc(CC[18F])nn1. The lowest BCUT2D eigenvalue weighted by atomic mass is 10.1. The molecule has 0 spiro atoms. The summed E-state index contributed by atoms with van der Waals surface area (Å²) < 4.78 is 52.8. The number of anilines is 1. The maximum absolute atomic E-state index is 12.3. The number of carbonyl (C=O) groups excluding carboxylic acids is 2. The van der Waals surface area contributed by atoms with Crippen molar-refractivity contribution in [2.45, 2.75) is 70.9 Å². The van der Waals surface area contributed by atoms with Gasteiger partial charge in [-0.1, -0.05) is 20.9 Å². The van der Waals surface area contributed by atoms with E-state index in [-0.39, 0.29) is 68.4 Å². The van der Waals surface area contributed by atoms with Crippen molar-refractivity contribution in [3.05, 3.63) is 105 Å². The first-order valence-electron chi connectivity index (χ1n) is 21.6. The van der Waals surface area contributed by atoms with Crippen LogP contribution in [0.25, 0.3) is 11.2 Å². The van der Waals surface area contributed by atoms with Crippen LogP contribution in [0.15, 0.2) is 60.0 Å². The summed E-state index contributed by atoms with van der Waals surface area (Å²) >= 11 is 0. The van der Waals surface area contributed by atoms with Crippen LogP contribution in [0.1, 0.15) is 70.3 Å². The fourth-order valence-electron chi connectivity index (χ4n) is 5.60. The third kappa shape index (κ3) is 21.3. The Morgan fingerprint density at radius 2 is 1.17 bits per heavy atom. The zero-order valence-electron chi connectivity index (χ0n) is 39.3. The first kappa shape index (κ1) is 56.3. The van der Waals surface area contributed by atoms with Crippen LogP contribution < -0.4 is 21.9 Å². The number of fused-ring (bicyclic) bond motifs is 1. The number of amides is 2. The van der Waals surface area contributed by atoms with Gasteiger partial charge in [0.05, 0.1) is 67.9 Å². The molecule has 378 valence electrons. The number of alkyl halides is 4. The quantitative estimate of drug-likeness (QED) is 0.0725. The van der Waals surface area contributed by atoms with Crippen molar-refractivity contribution in [2.75, 3.05) is 32.0 Å². The lowest BCUT2D eigenvalue weighted by molar-refractivity contribution is -0.139. The number of nitrogens with one attached hydrogen (secondary N) is 3. The Hall–Kier alpha value is -8.07. The number of aromatic nitrogens is 16. The molecule has 0 radical (unpaired) electrons. The number of benzene rings is 1. The lowest BCUT2D eigenvalue weighted by Gasteiger charge is -2.14. The number of carboxylic acid groups (broad SMARTS) is 1. The second-order valence-electron chi connectivity index (χ2n) is 15.0. The number of hydrogen-bond acceptors (Lipinski definition) is 16. The van der Waals surface area contributed by atoms with E-state index < -0.39 is 23.8 Å². The summed E-state index contributed by atoms with van der Waals surface area (Å²) in [4.78, 5) is 61.6. The highest BCUT2D eigenvalue weighted by atomic mass is 19.1. The van der Waals surface area contributed by atoms with Crippen molar-refractivity contribution >= 4 is 34.6 Å². The second-order valence-corrected chi connectivity index (χ2v) is 15.0. The fraction of sp³-hybridized carbons (Fsp3) is 0.452. The predicted octanol–water partition coefficient (Wildman–Crippen LogP) is 2.17. The number of rotatable bonds is 19. The molecule has 28 heteroatoms. The maximum atomic E-state index is 12.3. The number of nitrogens with zero attached hydrogens (tertiary/aromatic N) is 15. The van der Waals surface area contributed by atoms with Crippen LogP contribution in [-0.2, 0) is 70.0 Å². The Labute approximate surface area is 398 Å². The number of H-pyrrole nitrogens is 1. The van der Waals surface area contributed by atoms with Gasteiger partial charge < -0.3 is 26.5 Å². The predicted molar refractivity (Wildman–Crippen MR) is 246 cm³/mol. The number of carboxylic acids is 1. The highest BCUT2D eigenvalue weighted by Gasteiger charge is 2.21. The van der Waals surface area contributed by atoms with Crippen molar-refractivity contribution in [1.82, 2.24) is 85.2 Å². The number of aliphatic carboxylic acids is 1. The first-order chi connectivity index (χ1) is 33.5. The van der Waals surface area contributed by atoms with Gasteiger partial charge in [0, 0.05) is 83.5 Å². The number of aryl methyl sites for hydroxylation is 9. The Bertz CT molecular complexity index is 2620. The number of halogens is 4. The van der Waals surface area contributed by atoms with Crippen LogP contribution in [0.4, 0.5) is 23.2 Å². The molecule has 6 heterocycles. The van der Waals surface area contributed by atoms with Crippen molar-refractivity contribution in [3.63, 3.8) is 0 Å².